The SMILES string of the molecule is CCOC(=O)C1CCN(C)c2nc(CC)ncc2C1=O. The van der Waals surface area contributed by atoms with Crippen LogP contribution in [-0.4, -0.2) is 41.9 Å². The van der Waals surface area contributed by atoms with Crippen molar-refractivity contribution in [1.82, 2.24) is 9.97 Å². The number of carbonyl (C=O) groups excluding carboxylic acids is 2. The Morgan fingerprint density at radius 3 is 2.90 bits per heavy atom. The minimum atomic E-state index is -0.755. The fourth-order valence-corrected chi connectivity index (χ4v) is 2.26. The van der Waals surface area contributed by atoms with Gasteiger partial charge in [-0.2, -0.15) is 0 Å². The maximum absolute atomic E-state index is 12.5. The fourth-order valence-electron chi connectivity index (χ4n) is 2.26. The third-order valence-corrected chi connectivity index (χ3v) is 3.40. The lowest BCUT2D eigenvalue weighted by atomic mass is 9.97. The van der Waals surface area contributed by atoms with Gasteiger partial charge in [0, 0.05) is 26.2 Å². The molecule has 0 aliphatic carbocycles. The van der Waals surface area contributed by atoms with Crippen molar-refractivity contribution in [1.29, 1.82) is 0 Å². The van der Waals surface area contributed by atoms with Crippen LogP contribution in [0.25, 0.3) is 0 Å². The predicted octanol–water partition coefficient (Wildman–Crippen LogP) is 1.24. The van der Waals surface area contributed by atoms with Gasteiger partial charge in [-0.3, -0.25) is 9.59 Å². The molecule has 0 aromatic carbocycles. The summed E-state index contributed by atoms with van der Waals surface area (Å²) in [5, 5.41) is 0. The number of nitrogens with zero attached hydrogens (tertiary/aromatic N) is 3. The number of esters is 1. The van der Waals surface area contributed by atoms with Crippen molar-refractivity contribution >= 4 is 17.6 Å². The Morgan fingerprint density at radius 2 is 2.25 bits per heavy atom. The molecular weight excluding hydrogens is 258 g/mol. The van der Waals surface area contributed by atoms with Crippen molar-refractivity contribution in [2.75, 3.05) is 25.1 Å². The highest BCUT2D eigenvalue weighted by atomic mass is 16.5. The summed E-state index contributed by atoms with van der Waals surface area (Å²) in [4.78, 5) is 34.9. The molecule has 6 heteroatoms. The quantitative estimate of drug-likeness (QED) is 0.611. The van der Waals surface area contributed by atoms with Crippen molar-refractivity contribution < 1.29 is 14.3 Å². The predicted molar refractivity (Wildman–Crippen MR) is 73.8 cm³/mol. The first-order valence-electron chi connectivity index (χ1n) is 6.86. The standard InChI is InChI=1S/C14H19N3O3/c1-4-11-15-8-10-12(18)9(14(19)20-5-2)6-7-17(3)13(10)16-11/h8-9H,4-7H2,1-3H3. The molecule has 2 heterocycles. The number of anilines is 1. The highest BCUT2D eigenvalue weighted by molar-refractivity contribution is 6.11. The van der Waals surface area contributed by atoms with Crippen molar-refractivity contribution in [3.05, 3.63) is 17.6 Å². The molecule has 108 valence electrons. The smallest absolute Gasteiger partial charge is 0.316 e. The molecule has 0 N–H and O–H groups in total. The molecule has 1 aromatic rings. The highest BCUT2D eigenvalue weighted by Gasteiger charge is 2.34. The van der Waals surface area contributed by atoms with Crippen LogP contribution in [0, 0.1) is 5.92 Å². The number of aromatic nitrogens is 2. The maximum atomic E-state index is 12.5. The molecule has 0 saturated heterocycles. The van der Waals surface area contributed by atoms with Crippen LogP contribution in [-0.2, 0) is 16.0 Å². The Labute approximate surface area is 118 Å². The van der Waals surface area contributed by atoms with E-state index in [-0.39, 0.29) is 12.4 Å². The molecule has 1 aliphatic rings. The number of hydrogen-bond donors (Lipinski definition) is 0. The van der Waals surface area contributed by atoms with Gasteiger partial charge in [-0.25, -0.2) is 9.97 Å². The summed E-state index contributed by atoms with van der Waals surface area (Å²) in [5.41, 5.74) is 0.403. The molecule has 0 saturated carbocycles. The fraction of sp³-hybridized carbons (Fsp3) is 0.571. The largest absolute Gasteiger partial charge is 0.465 e. The van der Waals surface area contributed by atoms with Gasteiger partial charge in [0.05, 0.1) is 12.2 Å². The molecule has 0 spiro atoms. The number of ether oxygens (including phenoxy) is 1. The van der Waals surface area contributed by atoms with Gasteiger partial charge in [0.2, 0.25) is 0 Å². The van der Waals surface area contributed by atoms with Gasteiger partial charge in [-0.05, 0) is 13.3 Å². The first-order chi connectivity index (χ1) is 9.58. The second-order valence-electron chi connectivity index (χ2n) is 4.76. The van der Waals surface area contributed by atoms with Crippen LogP contribution in [0.1, 0.15) is 36.5 Å². The lowest BCUT2D eigenvalue weighted by molar-refractivity contribution is -0.146. The van der Waals surface area contributed by atoms with Gasteiger partial charge >= 0.3 is 5.97 Å². The summed E-state index contributed by atoms with van der Waals surface area (Å²) in [6.45, 7) is 4.55. The van der Waals surface area contributed by atoms with Crippen molar-refractivity contribution in [3.8, 4) is 0 Å². The van der Waals surface area contributed by atoms with Crippen molar-refractivity contribution in [3.63, 3.8) is 0 Å². The van der Waals surface area contributed by atoms with E-state index in [0.29, 0.717) is 36.6 Å². The van der Waals surface area contributed by atoms with Crippen LogP contribution in [0.15, 0.2) is 6.20 Å². The van der Waals surface area contributed by atoms with Gasteiger partial charge in [-0.15, -0.1) is 0 Å². The zero-order valence-electron chi connectivity index (χ0n) is 12.0. The van der Waals surface area contributed by atoms with Crippen LogP contribution < -0.4 is 4.90 Å². The number of fused-ring (bicyclic) bond motifs is 1. The van der Waals surface area contributed by atoms with E-state index in [9.17, 15) is 9.59 Å². The summed E-state index contributed by atoms with van der Waals surface area (Å²) in [6, 6.07) is 0. The first-order valence-corrected chi connectivity index (χ1v) is 6.86. The minimum absolute atomic E-state index is 0.245. The van der Waals surface area contributed by atoms with E-state index in [1.807, 2.05) is 18.9 Å². The third kappa shape index (κ3) is 2.64. The molecule has 1 atom stereocenters. The van der Waals surface area contributed by atoms with Crippen LogP contribution in [0.4, 0.5) is 5.82 Å². The molecule has 0 fully saturated rings. The number of ketones is 1. The molecule has 0 bridgehead atoms. The normalized spacial score (nSPS) is 18.4. The Balaban J connectivity index is 2.39. The van der Waals surface area contributed by atoms with E-state index in [0.717, 1.165) is 0 Å². The molecule has 20 heavy (non-hydrogen) atoms. The van der Waals surface area contributed by atoms with Crippen LogP contribution in [0.2, 0.25) is 0 Å². The highest BCUT2D eigenvalue weighted by Crippen LogP contribution is 2.26. The van der Waals surface area contributed by atoms with E-state index in [1.54, 1.807) is 6.92 Å². The number of Topliss-reactive ketones (excluding diaryl/α,β-unsaturated/α-hetero) is 1. The van der Waals surface area contributed by atoms with E-state index in [1.165, 1.54) is 6.20 Å². The molecule has 6 nitrogen and oxygen atoms in total. The second-order valence-corrected chi connectivity index (χ2v) is 4.76. The van der Waals surface area contributed by atoms with Crippen LogP contribution in [0.3, 0.4) is 0 Å². The average Bonchev–Trinajstić information content (AvgIpc) is 2.57. The zero-order valence-corrected chi connectivity index (χ0v) is 12.0. The molecule has 1 unspecified atom stereocenters. The molecule has 1 aliphatic heterocycles. The second kappa shape index (κ2) is 5.98. The lowest BCUT2D eigenvalue weighted by Gasteiger charge is -2.17. The van der Waals surface area contributed by atoms with Crippen LogP contribution in [0.5, 0.6) is 0 Å². The molecule has 0 radical (unpaired) electrons. The van der Waals surface area contributed by atoms with Crippen molar-refractivity contribution in [2.45, 2.75) is 26.7 Å². The summed E-state index contributed by atoms with van der Waals surface area (Å²) < 4.78 is 4.98. The van der Waals surface area contributed by atoms with Gasteiger partial charge in [0.1, 0.15) is 17.6 Å². The summed E-state index contributed by atoms with van der Waals surface area (Å²) in [5.74, 6) is -0.162. The first kappa shape index (κ1) is 14.4. The van der Waals surface area contributed by atoms with Gasteiger partial charge in [0.15, 0.2) is 5.78 Å². The molecule has 0 amide bonds. The molecule has 1 aromatic heterocycles. The summed E-state index contributed by atoms with van der Waals surface area (Å²) in [7, 11) is 1.87. The number of carbonyl (C=O) groups is 2. The Hall–Kier alpha value is -1.98. The Bertz CT molecular complexity index is 530. The van der Waals surface area contributed by atoms with Gasteiger partial charge in [-0.1, -0.05) is 6.92 Å². The average molecular weight is 277 g/mol. The zero-order chi connectivity index (χ0) is 14.7. The number of aryl methyl sites for hydroxylation is 1. The lowest BCUT2D eigenvalue weighted by Crippen LogP contribution is -2.27. The van der Waals surface area contributed by atoms with E-state index in [4.69, 9.17) is 4.74 Å². The number of rotatable bonds is 3. The minimum Gasteiger partial charge on any atom is -0.465 e. The molecule has 2 rings (SSSR count). The van der Waals surface area contributed by atoms with E-state index in [2.05, 4.69) is 9.97 Å². The summed E-state index contributed by atoms with van der Waals surface area (Å²) >= 11 is 0. The maximum Gasteiger partial charge on any atom is 0.316 e. The Kier molecular flexibility index (Phi) is 4.32. The summed E-state index contributed by atoms with van der Waals surface area (Å²) in [6.07, 6.45) is 2.67. The topological polar surface area (TPSA) is 72.4 Å². The Morgan fingerprint density at radius 1 is 1.50 bits per heavy atom. The molecular formula is C14H19N3O3. The van der Waals surface area contributed by atoms with E-state index < -0.39 is 11.9 Å². The monoisotopic (exact) mass is 277 g/mol. The van der Waals surface area contributed by atoms with E-state index >= 15 is 0 Å². The third-order valence-electron chi connectivity index (χ3n) is 3.40. The van der Waals surface area contributed by atoms with Crippen molar-refractivity contribution in [2.24, 2.45) is 5.92 Å². The van der Waals surface area contributed by atoms with Gasteiger partial charge < -0.3 is 9.64 Å². The van der Waals surface area contributed by atoms with Gasteiger partial charge in [0.25, 0.3) is 0 Å². The van der Waals surface area contributed by atoms with Crippen LogP contribution >= 0.6 is 0 Å². The number of hydrogen-bond acceptors (Lipinski definition) is 6.